The molecule has 0 saturated carbocycles. The van der Waals surface area contributed by atoms with E-state index in [1.807, 2.05) is 53.2 Å². The zero-order valence-electron chi connectivity index (χ0n) is 13.8. The predicted octanol–water partition coefficient (Wildman–Crippen LogP) is 2.05. The van der Waals surface area contributed by atoms with E-state index < -0.39 is 5.60 Å². The van der Waals surface area contributed by atoms with Crippen molar-refractivity contribution >= 4 is 17.2 Å². The molecule has 3 heterocycles. The summed E-state index contributed by atoms with van der Waals surface area (Å²) in [6, 6.07) is 13.6. The maximum atomic E-state index is 12.4. The minimum Gasteiger partial charge on any atom is -0.379 e. The lowest BCUT2D eigenvalue weighted by atomic mass is 9.93. The number of hydrogen-bond acceptors (Lipinski definition) is 4. The van der Waals surface area contributed by atoms with Crippen LogP contribution in [0.3, 0.4) is 0 Å². The van der Waals surface area contributed by atoms with Crippen LogP contribution >= 0.6 is 0 Å². The lowest BCUT2D eigenvalue weighted by Gasteiger charge is -2.31. The number of nitrogens with zero attached hydrogens (tertiary/aromatic N) is 2. The number of carbonyl (C=O) groups excluding carboxylic acids is 1. The van der Waals surface area contributed by atoms with Crippen molar-refractivity contribution in [3.63, 3.8) is 0 Å². The van der Waals surface area contributed by atoms with Gasteiger partial charge in [-0.3, -0.25) is 4.79 Å². The third-order valence-corrected chi connectivity index (χ3v) is 4.56. The van der Waals surface area contributed by atoms with Gasteiger partial charge in [0.1, 0.15) is 5.65 Å². The van der Waals surface area contributed by atoms with Crippen LogP contribution in [-0.4, -0.2) is 39.1 Å². The average Bonchev–Trinajstić information content (AvgIpc) is 3.06. The summed E-state index contributed by atoms with van der Waals surface area (Å²) in [6.07, 6.45) is 4.99. The summed E-state index contributed by atoms with van der Waals surface area (Å²) < 4.78 is 1.88. The molecule has 0 aliphatic carbocycles. The monoisotopic (exact) mass is 336 g/mol. The van der Waals surface area contributed by atoms with Gasteiger partial charge < -0.3 is 20.1 Å². The molecule has 4 rings (SSSR count). The van der Waals surface area contributed by atoms with Crippen LogP contribution in [0, 0.1) is 0 Å². The number of nitrogens with one attached hydrogen (secondary N) is 2. The van der Waals surface area contributed by atoms with Crippen molar-refractivity contribution in [2.45, 2.75) is 18.4 Å². The predicted molar refractivity (Wildman–Crippen MR) is 96.3 cm³/mol. The summed E-state index contributed by atoms with van der Waals surface area (Å²) in [5.41, 5.74) is 2.00. The Hall–Kier alpha value is -2.70. The number of amides is 1. The first-order valence-corrected chi connectivity index (χ1v) is 8.43. The van der Waals surface area contributed by atoms with E-state index in [2.05, 4.69) is 15.6 Å². The molecule has 25 heavy (non-hydrogen) atoms. The van der Waals surface area contributed by atoms with E-state index in [4.69, 9.17) is 0 Å². The second kappa shape index (κ2) is 6.31. The molecule has 1 amide bonds. The molecule has 2 aromatic heterocycles. The Labute approximate surface area is 145 Å². The van der Waals surface area contributed by atoms with Gasteiger partial charge in [0.05, 0.1) is 11.4 Å². The molecular weight excluding hydrogens is 316 g/mol. The van der Waals surface area contributed by atoms with Gasteiger partial charge in [-0.15, -0.1) is 0 Å². The molecule has 6 nitrogen and oxygen atoms in total. The van der Waals surface area contributed by atoms with Crippen LogP contribution in [0.2, 0.25) is 0 Å². The molecule has 3 aromatic rings. The summed E-state index contributed by atoms with van der Waals surface area (Å²) in [6.45, 7) is 1.11. The second-order valence-corrected chi connectivity index (χ2v) is 6.44. The highest BCUT2D eigenvalue weighted by Crippen LogP contribution is 2.22. The number of hydrogen-bond donors (Lipinski definition) is 3. The topological polar surface area (TPSA) is 78.7 Å². The number of β-amino-alcohol motifs (C(OH)–C–C–N with tert-alkyl or cyclic N) is 1. The normalized spacial score (nSPS) is 20.5. The number of pyridine rings is 1. The summed E-state index contributed by atoms with van der Waals surface area (Å²) >= 11 is 0. The molecule has 0 radical (unpaired) electrons. The quantitative estimate of drug-likeness (QED) is 0.684. The number of imidazole rings is 1. The van der Waals surface area contributed by atoms with Crippen molar-refractivity contribution in [2.75, 3.05) is 18.4 Å². The molecule has 1 fully saturated rings. The summed E-state index contributed by atoms with van der Waals surface area (Å²) in [7, 11) is 0. The number of anilines is 1. The number of fused-ring (bicyclic) bond motifs is 1. The third kappa shape index (κ3) is 3.14. The first kappa shape index (κ1) is 15.8. The highest BCUT2D eigenvalue weighted by Gasteiger charge is 2.37. The average molecular weight is 336 g/mol. The maximum absolute atomic E-state index is 12.4. The standard InChI is InChI=1S/C19H20N4O2/c24-18(19(25)9-4-10-20-13-19)21-15-7-8-17-22-16(12-23(17)11-15)14-5-2-1-3-6-14/h1-3,5-8,11-12,20,25H,4,9-10,13H2,(H,21,24). The molecule has 1 unspecified atom stereocenters. The van der Waals surface area contributed by atoms with Gasteiger partial charge in [0.2, 0.25) is 0 Å². The fraction of sp³-hybridized carbons (Fsp3) is 0.263. The molecule has 0 bridgehead atoms. The Morgan fingerprint density at radius 3 is 2.80 bits per heavy atom. The SMILES string of the molecule is O=C(Nc1ccc2nc(-c3ccccc3)cn2c1)C1(O)CCCNC1. The van der Waals surface area contributed by atoms with Gasteiger partial charge >= 0.3 is 0 Å². The van der Waals surface area contributed by atoms with E-state index in [9.17, 15) is 9.90 Å². The van der Waals surface area contributed by atoms with E-state index in [-0.39, 0.29) is 12.5 Å². The number of aliphatic hydroxyl groups is 1. The van der Waals surface area contributed by atoms with Crippen molar-refractivity contribution in [2.24, 2.45) is 0 Å². The Morgan fingerprint density at radius 2 is 2.04 bits per heavy atom. The summed E-state index contributed by atoms with van der Waals surface area (Å²) in [5.74, 6) is -0.373. The largest absolute Gasteiger partial charge is 0.379 e. The Bertz CT molecular complexity index is 898. The van der Waals surface area contributed by atoms with Gasteiger partial charge in [0.25, 0.3) is 5.91 Å². The Kier molecular flexibility index (Phi) is 3.99. The van der Waals surface area contributed by atoms with Crippen LogP contribution in [0.25, 0.3) is 16.9 Å². The second-order valence-electron chi connectivity index (χ2n) is 6.44. The van der Waals surface area contributed by atoms with E-state index >= 15 is 0 Å². The lowest BCUT2D eigenvalue weighted by molar-refractivity contribution is -0.135. The minimum atomic E-state index is -1.35. The number of carbonyl (C=O) groups is 1. The first-order valence-electron chi connectivity index (χ1n) is 8.43. The van der Waals surface area contributed by atoms with Gasteiger partial charge in [-0.25, -0.2) is 4.98 Å². The maximum Gasteiger partial charge on any atom is 0.257 e. The number of rotatable bonds is 3. The molecule has 6 heteroatoms. The molecule has 1 aromatic carbocycles. The molecule has 1 saturated heterocycles. The number of piperidine rings is 1. The van der Waals surface area contributed by atoms with Crippen LogP contribution in [0.5, 0.6) is 0 Å². The van der Waals surface area contributed by atoms with Crippen LogP contribution in [0.4, 0.5) is 5.69 Å². The molecule has 0 spiro atoms. The third-order valence-electron chi connectivity index (χ3n) is 4.56. The van der Waals surface area contributed by atoms with Crippen LogP contribution in [-0.2, 0) is 4.79 Å². The Morgan fingerprint density at radius 1 is 1.20 bits per heavy atom. The number of benzene rings is 1. The lowest BCUT2D eigenvalue weighted by Crippen LogP contribution is -2.53. The van der Waals surface area contributed by atoms with Crippen molar-refractivity contribution in [1.82, 2.24) is 14.7 Å². The molecule has 128 valence electrons. The van der Waals surface area contributed by atoms with Crippen LogP contribution in [0.15, 0.2) is 54.9 Å². The van der Waals surface area contributed by atoms with E-state index in [0.29, 0.717) is 12.1 Å². The van der Waals surface area contributed by atoms with Gasteiger partial charge in [0.15, 0.2) is 5.60 Å². The van der Waals surface area contributed by atoms with Crippen molar-refractivity contribution in [3.8, 4) is 11.3 Å². The number of aromatic nitrogens is 2. The van der Waals surface area contributed by atoms with Crippen LogP contribution in [0.1, 0.15) is 12.8 Å². The molecule has 1 atom stereocenters. The first-order chi connectivity index (χ1) is 12.1. The van der Waals surface area contributed by atoms with E-state index in [1.165, 1.54) is 0 Å². The van der Waals surface area contributed by atoms with Crippen molar-refractivity contribution in [1.29, 1.82) is 0 Å². The Balaban J connectivity index is 1.58. The molecular formula is C19H20N4O2. The smallest absolute Gasteiger partial charge is 0.257 e. The van der Waals surface area contributed by atoms with Crippen molar-refractivity contribution in [3.05, 3.63) is 54.9 Å². The van der Waals surface area contributed by atoms with Gasteiger partial charge in [-0.05, 0) is 31.5 Å². The van der Waals surface area contributed by atoms with E-state index in [1.54, 1.807) is 6.07 Å². The summed E-state index contributed by atoms with van der Waals surface area (Å²) in [4.78, 5) is 17.0. The fourth-order valence-electron chi connectivity index (χ4n) is 3.14. The zero-order chi connectivity index (χ0) is 17.3. The van der Waals surface area contributed by atoms with Gasteiger partial charge in [-0.2, -0.15) is 0 Å². The fourth-order valence-corrected chi connectivity index (χ4v) is 3.14. The molecule has 3 N–H and O–H groups in total. The highest BCUT2D eigenvalue weighted by atomic mass is 16.3. The van der Waals surface area contributed by atoms with Crippen molar-refractivity contribution < 1.29 is 9.90 Å². The van der Waals surface area contributed by atoms with E-state index in [0.717, 1.165) is 29.9 Å². The highest BCUT2D eigenvalue weighted by molar-refractivity contribution is 5.97. The van der Waals surface area contributed by atoms with Crippen LogP contribution < -0.4 is 10.6 Å². The molecule has 1 aliphatic heterocycles. The molecule has 1 aliphatic rings. The minimum absolute atomic E-state index is 0.282. The van der Waals surface area contributed by atoms with Gasteiger partial charge in [0, 0.05) is 24.5 Å². The zero-order valence-corrected chi connectivity index (χ0v) is 13.8. The van der Waals surface area contributed by atoms with Gasteiger partial charge in [-0.1, -0.05) is 30.3 Å². The summed E-state index contributed by atoms with van der Waals surface area (Å²) in [5, 5.41) is 16.4.